The molecule has 54 heavy (non-hydrogen) atoms. The Balaban J connectivity index is 0.000000208. The standard InChI is InChI=1S/C25H38O2.C25H36O2/c2*1-3-4-19-5-7-20(8-6-19)9-10-21-11-13-22(14-12-21)23-15-17-24(18-16-23)25(26)27-2/h11-14,19-20,23-24H,3-10,15-18H2,1-2H3;9-14,19-20,23-24H,3-8,15-18H2,1-2H3. The van der Waals surface area contributed by atoms with Crippen LogP contribution in [-0.4, -0.2) is 26.2 Å². The number of aryl methyl sites for hydroxylation is 1. The topological polar surface area (TPSA) is 52.6 Å². The normalized spacial score (nSPS) is 28.8. The molecule has 0 aliphatic heterocycles. The third-order valence-electron chi connectivity index (χ3n) is 14.0. The summed E-state index contributed by atoms with van der Waals surface area (Å²) in [6.45, 7) is 4.63. The summed E-state index contributed by atoms with van der Waals surface area (Å²) in [5.74, 6) is 5.11. The van der Waals surface area contributed by atoms with E-state index in [1.807, 2.05) is 0 Å². The van der Waals surface area contributed by atoms with Gasteiger partial charge in [-0.05, 0) is 148 Å². The van der Waals surface area contributed by atoms with Crippen LogP contribution < -0.4 is 0 Å². The molecular formula is C50H74O4. The Hall–Kier alpha value is -2.88. The molecule has 6 rings (SSSR count). The number of methoxy groups -OCH3 is 2. The Morgan fingerprint density at radius 2 is 0.944 bits per heavy atom. The molecule has 298 valence electrons. The molecule has 2 aromatic carbocycles. The molecule has 0 unspecified atom stereocenters. The summed E-state index contributed by atoms with van der Waals surface area (Å²) < 4.78 is 9.80. The predicted octanol–water partition coefficient (Wildman–Crippen LogP) is 13.4. The number of carbonyl (C=O) groups is 2. The van der Waals surface area contributed by atoms with Gasteiger partial charge >= 0.3 is 11.9 Å². The van der Waals surface area contributed by atoms with Crippen LogP contribution in [0.3, 0.4) is 0 Å². The maximum atomic E-state index is 11.7. The number of benzene rings is 2. The number of hydrogen-bond donors (Lipinski definition) is 0. The summed E-state index contributed by atoms with van der Waals surface area (Å²) >= 11 is 0. The molecule has 4 heteroatoms. The van der Waals surface area contributed by atoms with Gasteiger partial charge in [0.25, 0.3) is 0 Å². The van der Waals surface area contributed by atoms with Gasteiger partial charge in [0.05, 0.1) is 26.1 Å². The first kappa shape index (κ1) is 42.3. The zero-order valence-corrected chi connectivity index (χ0v) is 34.6. The highest BCUT2D eigenvalue weighted by Gasteiger charge is 2.29. The zero-order chi connectivity index (χ0) is 38.1. The Labute approximate surface area is 329 Å². The van der Waals surface area contributed by atoms with Crippen LogP contribution in [-0.2, 0) is 25.5 Å². The van der Waals surface area contributed by atoms with Crippen molar-refractivity contribution in [3.8, 4) is 0 Å². The van der Waals surface area contributed by atoms with Crippen molar-refractivity contribution in [3.05, 3.63) is 76.9 Å². The summed E-state index contributed by atoms with van der Waals surface area (Å²) in [7, 11) is 3.00. The first-order valence-electron chi connectivity index (χ1n) is 22.4. The van der Waals surface area contributed by atoms with Gasteiger partial charge in [-0.25, -0.2) is 0 Å². The van der Waals surface area contributed by atoms with E-state index in [0.29, 0.717) is 11.8 Å². The fourth-order valence-electron chi connectivity index (χ4n) is 10.4. The lowest BCUT2D eigenvalue weighted by Gasteiger charge is -2.28. The minimum Gasteiger partial charge on any atom is -0.469 e. The van der Waals surface area contributed by atoms with Crippen LogP contribution in [0.4, 0.5) is 0 Å². The van der Waals surface area contributed by atoms with E-state index in [4.69, 9.17) is 9.47 Å². The summed E-state index contributed by atoms with van der Waals surface area (Å²) in [6, 6.07) is 18.5. The number of ether oxygens (including phenoxy) is 2. The summed E-state index contributed by atoms with van der Waals surface area (Å²) in [4.78, 5) is 23.4. The van der Waals surface area contributed by atoms with Crippen LogP contribution in [0.15, 0.2) is 54.6 Å². The first-order valence-corrected chi connectivity index (χ1v) is 22.4. The Bertz CT molecular complexity index is 1380. The smallest absolute Gasteiger partial charge is 0.308 e. The van der Waals surface area contributed by atoms with Crippen LogP contribution in [0.2, 0.25) is 0 Å². The van der Waals surface area contributed by atoms with Gasteiger partial charge in [-0.3, -0.25) is 9.59 Å². The zero-order valence-electron chi connectivity index (χ0n) is 34.6. The van der Waals surface area contributed by atoms with Crippen molar-refractivity contribution in [1.29, 1.82) is 0 Å². The van der Waals surface area contributed by atoms with Crippen molar-refractivity contribution in [2.24, 2.45) is 35.5 Å². The molecule has 4 saturated carbocycles. The second-order valence-electron chi connectivity index (χ2n) is 17.7. The minimum absolute atomic E-state index is 0.0208. The molecule has 4 fully saturated rings. The SMILES string of the molecule is CCCC1CCC(C=Cc2ccc(C3CCC(C(=O)OC)CC3)cc2)CC1.CCCC1CCC(CCc2ccc(C3CCC(C(=O)OC)CC3)cc2)CC1. The minimum atomic E-state index is -0.0299. The third kappa shape index (κ3) is 13.1. The lowest BCUT2D eigenvalue weighted by molar-refractivity contribution is -0.147. The molecule has 0 saturated heterocycles. The first-order chi connectivity index (χ1) is 26.4. The Morgan fingerprint density at radius 3 is 1.37 bits per heavy atom. The molecule has 2 aromatic rings. The third-order valence-corrected chi connectivity index (χ3v) is 14.0. The maximum Gasteiger partial charge on any atom is 0.308 e. The number of rotatable bonds is 13. The van der Waals surface area contributed by atoms with Gasteiger partial charge in [-0.15, -0.1) is 0 Å². The van der Waals surface area contributed by atoms with Gasteiger partial charge in [0.15, 0.2) is 0 Å². The molecule has 0 amide bonds. The molecule has 0 heterocycles. The Kier molecular flexibility index (Phi) is 17.7. The second kappa shape index (κ2) is 22.6. The van der Waals surface area contributed by atoms with Crippen molar-refractivity contribution >= 4 is 18.0 Å². The van der Waals surface area contributed by atoms with E-state index < -0.39 is 0 Å². The lowest BCUT2D eigenvalue weighted by Crippen LogP contribution is -2.22. The predicted molar refractivity (Wildman–Crippen MR) is 224 cm³/mol. The van der Waals surface area contributed by atoms with E-state index >= 15 is 0 Å². The van der Waals surface area contributed by atoms with E-state index in [2.05, 4.69) is 74.5 Å². The summed E-state index contributed by atoms with van der Waals surface area (Å²) in [6.07, 6.45) is 32.6. The van der Waals surface area contributed by atoms with Crippen molar-refractivity contribution < 1.29 is 19.1 Å². The van der Waals surface area contributed by atoms with Crippen LogP contribution in [0.25, 0.3) is 6.08 Å². The van der Waals surface area contributed by atoms with E-state index in [-0.39, 0.29) is 23.8 Å². The molecule has 4 nitrogen and oxygen atoms in total. The van der Waals surface area contributed by atoms with Gasteiger partial charge in [-0.1, -0.05) is 126 Å². The van der Waals surface area contributed by atoms with E-state index in [0.717, 1.165) is 75.0 Å². The van der Waals surface area contributed by atoms with Crippen molar-refractivity contribution in [2.45, 2.75) is 167 Å². The lowest BCUT2D eigenvalue weighted by atomic mass is 9.77. The van der Waals surface area contributed by atoms with Crippen LogP contribution in [0.5, 0.6) is 0 Å². The summed E-state index contributed by atoms with van der Waals surface area (Å²) in [5.41, 5.74) is 5.70. The Morgan fingerprint density at radius 1 is 0.537 bits per heavy atom. The fourth-order valence-corrected chi connectivity index (χ4v) is 10.4. The number of carbonyl (C=O) groups excluding carboxylic acids is 2. The van der Waals surface area contributed by atoms with Crippen molar-refractivity contribution in [2.75, 3.05) is 14.2 Å². The average Bonchev–Trinajstić information content (AvgIpc) is 3.23. The number of esters is 2. The fraction of sp³-hybridized carbons (Fsp3) is 0.680. The highest BCUT2D eigenvalue weighted by molar-refractivity contribution is 5.72. The van der Waals surface area contributed by atoms with Crippen LogP contribution in [0.1, 0.15) is 183 Å². The maximum absolute atomic E-state index is 11.7. The largest absolute Gasteiger partial charge is 0.469 e. The molecular weight excluding hydrogens is 665 g/mol. The van der Waals surface area contributed by atoms with Crippen molar-refractivity contribution in [1.82, 2.24) is 0 Å². The van der Waals surface area contributed by atoms with Gasteiger partial charge in [0, 0.05) is 0 Å². The molecule has 0 aromatic heterocycles. The van der Waals surface area contributed by atoms with E-state index in [1.165, 1.54) is 126 Å². The molecule has 4 aliphatic carbocycles. The second-order valence-corrected chi connectivity index (χ2v) is 17.7. The van der Waals surface area contributed by atoms with Crippen LogP contribution in [0, 0.1) is 35.5 Å². The van der Waals surface area contributed by atoms with Gasteiger partial charge in [0.1, 0.15) is 0 Å². The van der Waals surface area contributed by atoms with Crippen LogP contribution >= 0.6 is 0 Å². The van der Waals surface area contributed by atoms with Gasteiger partial charge < -0.3 is 9.47 Å². The molecule has 4 aliphatic rings. The van der Waals surface area contributed by atoms with Gasteiger partial charge in [-0.2, -0.15) is 0 Å². The molecule has 0 spiro atoms. The quantitative estimate of drug-likeness (QED) is 0.192. The highest BCUT2D eigenvalue weighted by Crippen LogP contribution is 2.39. The average molecular weight is 739 g/mol. The summed E-state index contributed by atoms with van der Waals surface area (Å²) in [5, 5.41) is 0. The van der Waals surface area contributed by atoms with Gasteiger partial charge in [0.2, 0.25) is 0 Å². The number of hydrogen-bond acceptors (Lipinski definition) is 4. The number of allylic oxidation sites excluding steroid dienone is 1. The van der Waals surface area contributed by atoms with E-state index in [1.54, 1.807) is 0 Å². The monoisotopic (exact) mass is 739 g/mol. The van der Waals surface area contributed by atoms with E-state index in [9.17, 15) is 9.59 Å². The molecule has 0 N–H and O–H groups in total. The molecule has 0 bridgehead atoms. The highest BCUT2D eigenvalue weighted by atomic mass is 16.5. The molecule has 0 atom stereocenters. The molecule has 0 radical (unpaired) electrons. The van der Waals surface area contributed by atoms with Crippen molar-refractivity contribution in [3.63, 3.8) is 0 Å².